The van der Waals surface area contributed by atoms with Gasteiger partial charge in [-0.05, 0) is 100 Å². The van der Waals surface area contributed by atoms with Crippen LogP contribution in [0.2, 0.25) is 0 Å². The number of allylic oxidation sites excluding steroid dienone is 2. The van der Waals surface area contributed by atoms with E-state index in [-0.39, 0.29) is 0 Å². The molecule has 236 valence electrons. The van der Waals surface area contributed by atoms with Gasteiger partial charge in [0, 0.05) is 11.8 Å². The second-order valence-electron chi connectivity index (χ2n) is 12.2. The molecule has 0 saturated heterocycles. The highest BCUT2D eigenvalue weighted by Gasteiger charge is 2.17. The summed E-state index contributed by atoms with van der Waals surface area (Å²) in [6.07, 6.45) is 20.6. The van der Waals surface area contributed by atoms with Crippen LogP contribution in [-0.4, -0.2) is 10.9 Å². The summed E-state index contributed by atoms with van der Waals surface area (Å²) in [5, 5.41) is 8.97. The second kappa shape index (κ2) is 17.3. The van der Waals surface area contributed by atoms with Crippen molar-refractivity contribution in [3.05, 3.63) is 91.0 Å². The molecule has 0 amide bonds. The lowest BCUT2D eigenvalue weighted by Gasteiger charge is -2.14. The summed E-state index contributed by atoms with van der Waals surface area (Å²) >= 11 is 0. The molecular formula is C40H47O4P. The van der Waals surface area contributed by atoms with Crippen molar-refractivity contribution in [2.75, 3.05) is 0 Å². The van der Waals surface area contributed by atoms with E-state index in [9.17, 15) is 9.69 Å². The van der Waals surface area contributed by atoms with Crippen LogP contribution in [-0.2, 0) is 9.32 Å². The first kappa shape index (κ1) is 32.9. The zero-order valence-corrected chi connectivity index (χ0v) is 27.6. The number of carbonyl (C=O) groups excluding carboxylic acids is 1. The summed E-state index contributed by atoms with van der Waals surface area (Å²) in [4.78, 5) is 22.9. The highest BCUT2D eigenvalue weighted by Crippen LogP contribution is 2.41. The van der Waals surface area contributed by atoms with Gasteiger partial charge >= 0.3 is 14.6 Å². The summed E-state index contributed by atoms with van der Waals surface area (Å²) in [6, 6.07) is 27.2. The largest absolute Gasteiger partial charge is 0.462 e. The van der Waals surface area contributed by atoms with Crippen molar-refractivity contribution in [2.24, 2.45) is 0 Å². The van der Waals surface area contributed by atoms with Crippen molar-refractivity contribution in [2.45, 2.75) is 96.8 Å². The molecule has 0 fully saturated rings. The van der Waals surface area contributed by atoms with Gasteiger partial charge in [0.05, 0.1) is 0 Å². The van der Waals surface area contributed by atoms with Crippen LogP contribution >= 0.6 is 8.60 Å². The molecule has 0 aliphatic heterocycles. The average molecular weight is 623 g/mol. The Morgan fingerprint density at radius 1 is 0.622 bits per heavy atom. The lowest BCUT2D eigenvalue weighted by atomic mass is 9.96. The van der Waals surface area contributed by atoms with Crippen LogP contribution < -0.4 is 4.52 Å². The van der Waals surface area contributed by atoms with Crippen LogP contribution in [0.1, 0.15) is 96.8 Å². The fraction of sp³-hybridized carbons (Fsp3) is 0.375. The summed E-state index contributed by atoms with van der Waals surface area (Å²) in [5.74, 6) is 0.0982. The maximum atomic E-state index is 12.4. The topological polar surface area (TPSA) is 55.8 Å². The molecule has 0 spiro atoms. The van der Waals surface area contributed by atoms with E-state index in [2.05, 4.69) is 79.7 Å². The first-order valence-electron chi connectivity index (χ1n) is 16.9. The van der Waals surface area contributed by atoms with Crippen LogP contribution in [0.15, 0.2) is 91.0 Å². The summed E-state index contributed by atoms with van der Waals surface area (Å²) in [7, 11) is -2.36. The maximum absolute atomic E-state index is 12.4. The predicted molar refractivity (Wildman–Crippen MR) is 192 cm³/mol. The van der Waals surface area contributed by atoms with Crippen LogP contribution in [0.4, 0.5) is 0 Å². The van der Waals surface area contributed by atoms with Crippen LogP contribution in [0, 0.1) is 0 Å². The highest BCUT2D eigenvalue weighted by atomic mass is 31.2. The van der Waals surface area contributed by atoms with Gasteiger partial charge in [-0.2, -0.15) is 0 Å². The van der Waals surface area contributed by atoms with E-state index < -0.39 is 14.6 Å². The molecule has 45 heavy (non-hydrogen) atoms. The molecule has 1 N–H and O–H groups in total. The maximum Gasteiger partial charge on any atom is 0.462 e. The number of carbonyl (C=O) groups is 1. The molecule has 1 atom stereocenters. The van der Waals surface area contributed by atoms with E-state index in [4.69, 9.17) is 9.05 Å². The van der Waals surface area contributed by atoms with Crippen molar-refractivity contribution >= 4 is 57.7 Å². The SMILES string of the molecule is CCCCCCCC/C=C\CCCCCCCC(=O)OP(O)Oc1cccc2cc3c(ccc4cc5ccccc5cc43)cc12. The second-order valence-corrected chi connectivity index (χ2v) is 13.0. The predicted octanol–water partition coefficient (Wildman–Crippen LogP) is 12.5. The Balaban J connectivity index is 1.05. The number of rotatable bonds is 18. The van der Waals surface area contributed by atoms with Crippen molar-refractivity contribution in [1.82, 2.24) is 0 Å². The Hall–Kier alpha value is -3.46. The third-order valence-corrected chi connectivity index (χ3v) is 9.37. The van der Waals surface area contributed by atoms with Crippen molar-refractivity contribution in [1.29, 1.82) is 0 Å². The summed E-state index contributed by atoms with van der Waals surface area (Å²) in [5.41, 5.74) is 0. The third kappa shape index (κ3) is 9.52. The molecule has 5 rings (SSSR count). The van der Waals surface area contributed by atoms with Gasteiger partial charge in [0.25, 0.3) is 0 Å². The molecule has 1 unspecified atom stereocenters. The molecule has 5 heteroatoms. The number of fused-ring (bicyclic) bond motifs is 5. The van der Waals surface area contributed by atoms with Gasteiger partial charge in [0.1, 0.15) is 5.75 Å². The van der Waals surface area contributed by atoms with Gasteiger partial charge in [-0.3, -0.25) is 4.79 Å². The molecule has 5 aromatic rings. The molecule has 0 aliphatic carbocycles. The number of hydrogen-bond donors (Lipinski definition) is 1. The van der Waals surface area contributed by atoms with Crippen molar-refractivity contribution in [3.8, 4) is 5.75 Å². The Labute approximate surface area is 269 Å². The van der Waals surface area contributed by atoms with E-state index >= 15 is 0 Å². The lowest BCUT2D eigenvalue weighted by molar-refractivity contribution is -0.134. The Morgan fingerprint density at radius 3 is 1.87 bits per heavy atom. The first-order chi connectivity index (χ1) is 22.1. The molecule has 0 heterocycles. The zero-order valence-electron chi connectivity index (χ0n) is 26.7. The minimum Gasteiger partial charge on any atom is -0.417 e. The fourth-order valence-corrected chi connectivity index (χ4v) is 6.78. The lowest BCUT2D eigenvalue weighted by Crippen LogP contribution is -2.03. The third-order valence-electron chi connectivity index (χ3n) is 8.66. The normalized spacial score (nSPS) is 12.5. The number of benzene rings is 5. The number of unbranched alkanes of at least 4 members (excludes halogenated alkanes) is 11. The minimum absolute atomic E-state index is 0.294. The minimum atomic E-state index is -2.36. The summed E-state index contributed by atoms with van der Waals surface area (Å²) < 4.78 is 11.1. The van der Waals surface area contributed by atoms with E-state index in [0.29, 0.717) is 12.2 Å². The van der Waals surface area contributed by atoms with Crippen molar-refractivity contribution < 1.29 is 18.7 Å². The molecular weight excluding hydrogens is 575 g/mol. The zero-order chi connectivity index (χ0) is 31.3. The molecule has 0 bridgehead atoms. The molecule has 0 aliphatic rings. The molecule has 0 saturated carbocycles. The van der Waals surface area contributed by atoms with Gasteiger partial charge in [-0.1, -0.05) is 119 Å². The van der Waals surface area contributed by atoms with Gasteiger partial charge in [-0.25, -0.2) is 0 Å². The molecule has 4 nitrogen and oxygen atoms in total. The highest BCUT2D eigenvalue weighted by molar-refractivity contribution is 7.41. The van der Waals surface area contributed by atoms with E-state index in [1.165, 1.54) is 84.7 Å². The standard InChI is InChI=1S/C40H47O4P/c1-2-3-4-5-6-7-8-9-10-11-12-13-14-15-16-24-40(41)44-45(42)43-39-23-19-22-33-29-37-35(30-38(33)39)26-25-34-27-31-20-17-18-21-32(31)28-36(34)37/h9-10,17-23,25-30,42H,2-8,11-16,24H2,1H3/b10-9-. The average Bonchev–Trinajstić information content (AvgIpc) is 3.05. The van der Waals surface area contributed by atoms with Crippen LogP contribution in [0.25, 0.3) is 43.1 Å². The Kier molecular flexibility index (Phi) is 12.7. The van der Waals surface area contributed by atoms with Crippen LogP contribution in [0.3, 0.4) is 0 Å². The molecule has 0 aromatic heterocycles. The van der Waals surface area contributed by atoms with Gasteiger partial charge in [0.2, 0.25) is 0 Å². The number of hydrogen-bond acceptors (Lipinski definition) is 4. The summed E-state index contributed by atoms with van der Waals surface area (Å²) in [6.45, 7) is 2.26. The van der Waals surface area contributed by atoms with E-state index in [0.717, 1.165) is 41.8 Å². The van der Waals surface area contributed by atoms with Gasteiger partial charge in [-0.15, -0.1) is 0 Å². The molecule has 5 aromatic carbocycles. The smallest absolute Gasteiger partial charge is 0.417 e. The fourth-order valence-electron chi connectivity index (χ4n) is 6.15. The van der Waals surface area contributed by atoms with E-state index in [1.807, 2.05) is 18.2 Å². The Bertz CT molecular complexity index is 1730. The van der Waals surface area contributed by atoms with E-state index in [1.54, 1.807) is 0 Å². The van der Waals surface area contributed by atoms with Crippen molar-refractivity contribution in [3.63, 3.8) is 0 Å². The van der Waals surface area contributed by atoms with Crippen LogP contribution in [0.5, 0.6) is 5.75 Å². The Morgan fingerprint density at radius 2 is 1.16 bits per heavy atom. The van der Waals surface area contributed by atoms with Gasteiger partial charge < -0.3 is 13.9 Å². The first-order valence-corrected chi connectivity index (χ1v) is 18.1. The molecule has 0 radical (unpaired) electrons. The quantitative estimate of drug-likeness (QED) is 0.0347. The van der Waals surface area contributed by atoms with Gasteiger partial charge in [0.15, 0.2) is 0 Å². The monoisotopic (exact) mass is 622 g/mol.